The molecule has 0 unspecified atom stereocenters. The van der Waals surface area contributed by atoms with E-state index in [0.717, 1.165) is 35.4 Å². The van der Waals surface area contributed by atoms with E-state index >= 15 is 0 Å². The molecule has 0 aliphatic heterocycles. The summed E-state index contributed by atoms with van der Waals surface area (Å²) in [6.07, 6.45) is 3.46. The zero-order valence-electron chi connectivity index (χ0n) is 15.7. The van der Waals surface area contributed by atoms with E-state index in [4.69, 9.17) is 0 Å². The zero-order valence-corrected chi connectivity index (χ0v) is 15.7. The van der Waals surface area contributed by atoms with Gasteiger partial charge in [-0.1, -0.05) is 36.4 Å². The summed E-state index contributed by atoms with van der Waals surface area (Å²) in [6, 6.07) is 15.1. The number of aromatic nitrogens is 3. The normalized spacial score (nSPS) is 15.3. The van der Waals surface area contributed by atoms with Gasteiger partial charge in [0.1, 0.15) is 12.1 Å². The Morgan fingerprint density at radius 2 is 2.04 bits per heavy atom. The Kier molecular flexibility index (Phi) is 5.06. The first-order valence-electron chi connectivity index (χ1n) is 9.34. The molecule has 3 aromatic rings. The third-order valence-electron chi connectivity index (χ3n) is 5.19. The van der Waals surface area contributed by atoms with Crippen molar-refractivity contribution >= 4 is 5.96 Å². The van der Waals surface area contributed by atoms with Crippen LogP contribution in [-0.2, 0) is 12.0 Å². The molecule has 1 aromatic heterocycles. The number of hydrogen-bond donors (Lipinski definition) is 3. The number of hydrogen-bond acceptors (Lipinski definition) is 3. The number of aliphatic imine (C=N–C) groups is 1. The van der Waals surface area contributed by atoms with E-state index in [0.29, 0.717) is 19.0 Å². The number of aromatic amines is 1. The standard InChI is InChI=1S/C21H23FN6/c1-23-20(25-13-21(9-10-21)17-7-2-3-8-18(17)22)24-12-15-5-4-6-16(11-15)19-26-14-27-28-19/h2-8,11,14H,9-10,12-13H2,1H3,(H2,23,24,25)(H,26,27,28). The van der Waals surface area contributed by atoms with Crippen molar-refractivity contribution in [2.75, 3.05) is 13.6 Å². The van der Waals surface area contributed by atoms with E-state index in [1.54, 1.807) is 13.1 Å². The Morgan fingerprint density at radius 1 is 1.18 bits per heavy atom. The van der Waals surface area contributed by atoms with Crippen LogP contribution in [0.1, 0.15) is 24.0 Å². The first-order chi connectivity index (χ1) is 13.7. The third kappa shape index (κ3) is 3.88. The molecule has 3 N–H and O–H groups in total. The van der Waals surface area contributed by atoms with Gasteiger partial charge < -0.3 is 10.6 Å². The summed E-state index contributed by atoms with van der Waals surface area (Å²) in [5.41, 5.74) is 2.75. The molecule has 0 saturated heterocycles. The number of guanidine groups is 1. The first kappa shape index (κ1) is 18.2. The van der Waals surface area contributed by atoms with Crippen LogP contribution in [0.3, 0.4) is 0 Å². The average Bonchev–Trinajstić information content (AvgIpc) is 3.30. The van der Waals surface area contributed by atoms with Crippen LogP contribution in [0, 0.1) is 5.82 Å². The molecule has 0 spiro atoms. The topological polar surface area (TPSA) is 78.0 Å². The lowest BCUT2D eigenvalue weighted by Crippen LogP contribution is -2.41. The summed E-state index contributed by atoms with van der Waals surface area (Å²) in [6.45, 7) is 1.28. The quantitative estimate of drug-likeness (QED) is 0.455. The number of nitrogens with one attached hydrogen (secondary N) is 3. The monoisotopic (exact) mass is 378 g/mol. The van der Waals surface area contributed by atoms with Crippen LogP contribution in [0.25, 0.3) is 11.4 Å². The molecule has 1 aliphatic rings. The Hall–Kier alpha value is -3.22. The van der Waals surface area contributed by atoms with Crippen molar-refractivity contribution in [2.45, 2.75) is 24.8 Å². The Balaban J connectivity index is 1.36. The molecule has 2 aromatic carbocycles. The molecule has 7 heteroatoms. The molecule has 1 heterocycles. The maximum absolute atomic E-state index is 14.2. The number of halogens is 1. The maximum atomic E-state index is 14.2. The molecule has 0 amide bonds. The second kappa shape index (κ2) is 7.80. The predicted octanol–water partition coefficient (Wildman–Crippen LogP) is 3.01. The van der Waals surface area contributed by atoms with Crippen molar-refractivity contribution in [3.63, 3.8) is 0 Å². The van der Waals surface area contributed by atoms with E-state index in [-0.39, 0.29) is 11.2 Å². The van der Waals surface area contributed by atoms with Crippen molar-refractivity contribution in [3.05, 3.63) is 71.8 Å². The summed E-state index contributed by atoms with van der Waals surface area (Å²) in [7, 11) is 1.74. The van der Waals surface area contributed by atoms with E-state index in [2.05, 4.69) is 36.9 Å². The summed E-state index contributed by atoms with van der Waals surface area (Å²) >= 11 is 0. The number of rotatable bonds is 6. The van der Waals surface area contributed by atoms with E-state index in [1.807, 2.05) is 30.3 Å². The zero-order chi connectivity index (χ0) is 19.4. The molecular formula is C21H23FN6. The molecule has 144 valence electrons. The predicted molar refractivity (Wildman–Crippen MR) is 107 cm³/mol. The van der Waals surface area contributed by atoms with Gasteiger partial charge in [0, 0.05) is 31.1 Å². The minimum absolute atomic E-state index is 0.130. The molecule has 4 rings (SSSR count). The highest BCUT2D eigenvalue weighted by Crippen LogP contribution is 2.48. The molecule has 1 fully saturated rings. The van der Waals surface area contributed by atoms with Gasteiger partial charge in [0.2, 0.25) is 0 Å². The molecule has 1 saturated carbocycles. The van der Waals surface area contributed by atoms with E-state index < -0.39 is 0 Å². The maximum Gasteiger partial charge on any atom is 0.191 e. The van der Waals surface area contributed by atoms with Gasteiger partial charge in [-0.15, -0.1) is 0 Å². The highest BCUT2D eigenvalue weighted by Gasteiger charge is 2.45. The molecular weight excluding hydrogens is 355 g/mol. The van der Waals surface area contributed by atoms with Crippen LogP contribution >= 0.6 is 0 Å². The van der Waals surface area contributed by atoms with Gasteiger partial charge in [-0.25, -0.2) is 9.37 Å². The van der Waals surface area contributed by atoms with Crippen LogP contribution in [0.5, 0.6) is 0 Å². The van der Waals surface area contributed by atoms with Crippen LogP contribution in [-0.4, -0.2) is 34.7 Å². The number of benzene rings is 2. The summed E-state index contributed by atoms with van der Waals surface area (Å²) in [5, 5.41) is 13.4. The van der Waals surface area contributed by atoms with Gasteiger partial charge in [-0.2, -0.15) is 5.10 Å². The lowest BCUT2D eigenvalue weighted by Gasteiger charge is -2.19. The first-order valence-corrected chi connectivity index (χ1v) is 9.34. The van der Waals surface area contributed by atoms with Crippen molar-refractivity contribution in [2.24, 2.45) is 4.99 Å². The van der Waals surface area contributed by atoms with Gasteiger partial charge in [-0.3, -0.25) is 10.1 Å². The highest BCUT2D eigenvalue weighted by molar-refractivity contribution is 5.79. The Morgan fingerprint density at radius 3 is 2.75 bits per heavy atom. The van der Waals surface area contributed by atoms with E-state index in [9.17, 15) is 4.39 Å². The van der Waals surface area contributed by atoms with Crippen molar-refractivity contribution in [1.82, 2.24) is 25.8 Å². The molecule has 28 heavy (non-hydrogen) atoms. The van der Waals surface area contributed by atoms with Crippen LogP contribution in [0.2, 0.25) is 0 Å². The van der Waals surface area contributed by atoms with Crippen LogP contribution < -0.4 is 10.6 Å². The third-order valence-corrected chi connectivity index (χ3v) is 5.19. The lowest BCUT2D eigenvalue weighted by atomic mass is 9.95. The van der Waals surface area contributed by atoms with E-state index in [1.165, 1.54) is 12.4 Å². The smallest absolute Gasteiger partial charge is 0.191 e. The van der Waals surface area contributed by atoms with Gasteiger partial charge in [0.15, 0.2) is 11.8 Å². The largest absolute Gasteiger partial charge is 0.356 e. The molecule has 0 radical (unpaired) electrons. The average molecular weight is 378 g/mol. The van der Waals surface area contributed by atoms with Crippen molar-refractivity contribution < 1.29 is 4.39 Å². The molecule has 6 nitrogen and oxygen atoms in total. The van der Waals surface area contributed by atoms with Gasteiger partial charge >= 0.3 is 0 Å². The lowest BCUT2D eigenvalue weighted by molar-refractivity contribution is 0.559. The second-order valence-corrected chi connectivity index (χ2v) is 7.07. The molecule has 1 aliphatic carbocycles. The van der Waals surface area contributed by atoms with Gasteiger partial charge in [0.05, 0.1) is 0 Å². The van der Waals surface area contributed by atoms with Crippen LogP contribution in [0.15, 0.2) is 59.9 Å². The molecule has 0 atom stereocenters. The highest BCUT2D eigenvalue weighted by atomic mass is 19.1. The summed E-state index contributed by atoms with van der Waals surface area (Å²) in [4.78, 5) is 8.48. The Bertz CT molecular complexity index is 963. The van der Waals surface area contributed by atoms with Crippen molar-refractivity contribution in [1.29, 1.82) is 0 Å². The Labute approximate surface area is 163 Å². The second-order valence-electron chi connectivity index (χ2n) is 7.07. The minimum Gasteiger partial charge on any atom is -0.356 e. The fourth-order valence-corrected chi connectivity index (χ4v) is 3.42. The van der Waals surface area contributed by atoms with Gasteiger partial charge in [-0.05, 0) is 36.1 Å². The number of H-pyrrole nitrogens is 1. The van der Waals surface area contributed by atoms with Crippen LogP contribution in [0.4, 0.5) is 4.39 Å². The minimum atomic E-state index is -0.131. The van der Waals surface area contributed by atoms with Gasteiger partial charge in [0.25, 0.3) is 0 Å². The molecule has 0 bridgehead atoms. The fraction of sp³-hybridized carbons (Fsp3) is 0.286. The van der Waals surface area contributed by atoms with Crippen molar-refractivity contribution in [3.8, 4) is 11.4 Å². The summed E-state index contributed by atoms with van der Waals surface area (Å²) in [5.74, 6) is 1.31. The fourth-order valence-electron chi connectivity index (χ4n) is 3.42. The summed E-state index contributed by atoms with van der Waals surface area (Å²) < 4.78 is 14.2. The number of nitrogens with zero attached hydrogens (tertiary/aromatic N) is 3. The SMILES string of the molecule is CN=C(NCc1cccc(-c2ncn[nH]2)c1)NCC1(c2ccccc2F)CC1.